The molecule has 1 saturated heterocycles. The average Bonchev–Trinajstić information content (AvgIpc) is 2.48. The van der Waals surface area contributed by atoms with Crippen LogP contribution in [0.25, 0.3) is 11.4 Å². The standard InChI is InChI=1S/C15H19N5/c1-11-5-7-12(8-6-11)13-17-14(16)19-15(18-13)20-9-3-2-4-10-20/h5-8H,2-4,9-10H2,1H3,(H2,16,17,18,19). The van der Waals surface area contributed by atoms with Crippen LogP contribution in [0.1, 0.15) is 24.8 Å². The van der Waals surface area contributed by atoms with Gasteiger partial charge in [-0.05, 0) is 26.2 Å². The van der Waals surface area contributed by atoms with E-state index in [1.54, 1.807) is 0 Å². The molecule has 1 aliphatic heterocycles. The molecule has 2 aromatic rings. The maximum atomic E-state index is 5.84. The molecule has 0 amide bonds. The minimum Gasteiger partial charge on any atom is -0.368 e. The molecule has 0 spiro atoms. The first-order valence-electron chi connectivity index (χ1n) is 7.06. The highest BCUT2D eigenvalue weighted by molar-refractivity contribution is 5.58. The third-order valence-corrected chi connectivity index (χ3v) is 3.59. The van der Waals surface area contributed by atoms with E-state index in [9.17, 15) is 0 Å². The third kappa shape index (κ3) is 2.71. The number of aromatic nitrogens is 3. The maximum Gasteiger partial charge on any atom is 0.230 e. The Morgan fingerprint density at radius 1 is 0.950 bits per heavy atom. The van der Waals surface area contributed by atoms with E-state index in [0.29, 0.717) is 11.8 Å². The molecule has 1 aliphatic rings. The van der Waals surface area contributed by atoms with Crippen LogP contribution in [0.4, 0.5) is 11.9 Å². The van der Waals surface area contributed by atoms with E-state index in [1.807, 2.05) is 12.1 Å². The first kappa shape index (κ1) is 12.8. The van der Waals surface area contributed by atoms with Gasteiger partial charge in [-0.15, -0.1) is 0 Å². The molecule has 0 radical (unpaired) electrons. The predicted octanol–water partition coefficient (Wildman–Crippen LogP) is 2.42. The summed E-state index contributed by atoms with van der Waals surface area (Å²) in [5.74, 6) is 1.64. The van der Waals surface area contributed by atoms with E-state index >= 15 is 0 Å². The summed E-state index contributed by atoms with van der Waals surface area (Å²) in [6.45, 7) is 4.05. The van der Waals surface area contributed by atoms with Crippen LogP contribution in [-0.4, -0.2) is 28.0 Å². The predicted molar refractivity (Wildman–Crippen MR) is 80.5 cm³/mol. The largest absolute Gasteiger partial charge is 0.368 e. The highest BCUT2D eigenvalue weighted by Crippen LogP contribution is 2.21. The molecule has 0 saturated carbocycles. The lowest BCUT2D eigenvalue weighted by Gasteiger charge is -2.26. The highest BCUT2D eigenvalue weighted by Gasteiger charge is 2.16. The number of hydrogen-bond acceptors (Lipinski definition) is 5. The van der Waals surface area contributed by atoms with E-state index in [4.69, 9.17) is 5.73 Å². The molecular weight excluding hydrogens is 250 g/mol. The number of nitrogens with zero attached hydrogens (tertiary/aromatic N) is 4. The Morgan fingerprint density at radius 3 is 2.35 bits per heavy atom. The lowest BCUT2D eigenvalue weighted by atomic mass is 10.1. The summed E-state index contributed by atoms with van der Waals surface area (Å²) in [5.41, 5.74) is 8.03. The van der Waals surface area contributed by atoms with Crippen molar-refractivity contribution in [1.82, 2.24) is 15.0 Å². The summed E-state index contributed by atoms with van der Waals surface area (Å²) in [6.07, 6.45) is 3.65. The molecule has 0 bridgehead atoms. The van der Waals surface area contributed by atoms with E-state index in [2.05, 4.69) is 38.9 Å². The maximum absolute atomic E-state index is 5.84. The molecule has 0 aliphatic carbocycles. The number of benzene rings is 1. The normalized spacial score (nSPS) is 15.3. The van der Waals surface area contributed by atoms with Gasteiger partial charge in [-0.3, -0.25) is 0 Å². The zero-order valence-corrected chi connectivity index (χ0v) is 11.7. The molecule has 104 valence electrons. The van der Waals surface area contributed by atoms with Gasteiger partial charge >= 0.3 is 0 Å². The quantitative estimate of drug-likeness (QED) is 0.906. The van der Waals surface area contributed by atoms with E-state index < -0.39 is 0 Å². The molecular formula is C15H19N5. The number of aryl methyl sites for hydroxylation is 1. The van der Waals surface area contributed by atoms with Crippen molar-refractivity contribution in [1.29, 1.82) is 0 Å². The van der Waals surface area contributed by atoms with Gasteiger partial charge in [0.2, 0.25) is 11.9 Å². The minimum absolute atomic E-state index is 0.288. The Kier molecular flexibility index (Phi) is 3.50. The van der Waals surface area contributed by atoms with Crippen molar-refractivity contribution < 1.29 is 0 Å². The molecule has 5 nitrogen and oxygen atoms in total. The van der Waals surface area contributed by atoms with Crippen molar-refractivity contribution in [2.75, 3.05) is 23.7 Å². The average molecular weight is 269 g/mol. The topological polar surface area (TPSA) is 67.9 Å². The van der Waals surface area contributed by atoms with Crippen molar-refractivity contribution in [2.45, 2.75) is 26.2 Å². The smallest absolute Gasteiger partial charge is 0.230 e. The van der Waals surface area contributed by atoms with Crippen LogP contribution < -0.4 is 10.6 Å². The molecule has 3 rings (SSSR count). The van der Waals surface area contributed by atoms with Crippen LogP contribution in [0, 0.1) is 6.92 Å². The molecule has 2 N–H and O–H groups in total. The highest BCUT2D eigenvalue weighted by atomic mass is 15.3. The van der Waals surface area contributed by atoms with Gasteiger partial charge in [0.1, 0.15) is 0 Å². The lowest BCUT2D eigenvalue weighted by Crippen LogP contribution is -2.31. The number of anilines is 2. The Labute approximate surface area is 118 Å². The van der Waals surface area contributed by atoms with Gasteiger partial charge in [0, 0.05) is 18.7 Å². The van der Waals surface area contributed by atoms with Gasteiger partial charge in [-0.1, -0.05) is 29.8 Å². The third-order valence-electron chi connectivity index (χ3n) is 3.59. The molecule has 0 unspecified atom stereocenters. The molecule has 20 heavy (non-hydrogen) atoms. The van der Waals surface area contributed by atoms with E-state index in [0.717, 1.165) is 18.7 Å². The van der Waals surface area contributed by atoms with Gasteiger partial charge in [-0.25, -0.2) is 0 Å². The van der Waals surface area contributed by atoms with E-state index in [-0.39, 0.29) is 5.95 Å². The summed E-state index contributed by atoms with van der Waals surface area (Å²) in [4.78, 5) is 15.3. The summed E-state index contributed by atoms with van der Waals surface area (Å²) in [6, 6.07) is 8.14. The summed E-state index contributed by atoms with van der Waals surface area (Å²) in [5, 5.41) is 0. The number of nitrogens with two attached hydrogens (primary N) is 1. The minimum atomic E-state index is 0.288. The molecule has 0 atom stereocenters. The first-order valence-corrected chi connectivity index (χ1v) is 7.06. The molecule has 2 heterocycles. The van der Waals surface area contributed by atoms with Crippen molar-refractivity contribution in [3.05, 3.63) is 29.8 Å². The van der Waals surface area contributed by atoms with Crippen LogP contribution in [-0.2, 0) is 0 Å². The molecule has 5 heteroatoms. The van der Waals surface area contributed by atoms with Gasteiger partial charge < -0.3 is 10.6 Å². The second-order valence-corrected chi connectivity index (χ2v) is 5.23. The summed E-state index contributed by atoms with van der Waals surface area (Å²) >= 11 is 0. The van der Waals surface area contributed by atoms with Crippen LogP contribution in [0.15, 0.2) is 24.3 Å². The Bertz CT molecular complexity index is 588. The monoisotopic (exact) mass is 269 g/mol. The summed E-state index contributed by atoms with van der Waals surface area (Å²) in [7, 11) is 0. The SMILES string of the molecule is Cc1ccc(-c2nc(N)nc(N3CCCCC3)n2)cc1. The van der Waals surface area contributed by atoms with Gasteiger partial charge in [0.05, 0.1) is 0 Å². The fourth-order valence-corrected chi connectivity index (χ4v) is 2.45. The fraction of sp³-hybridized carbons (Fsp3) is 0.400. The number of hydrogen-bond donors (Lipinski definition) is 1. The number of rotatable bonds is 2. The van der Waals surface area contributed by atoms with Crippen LogP contribution in [0.2, 0.25) is 0 Å². The lowest BCUT2D eigenvalue weighted by molar-refractivity contribution is 0.568. The van der Waals surface area contributed by atoms with Crippen molar-refractivity contribution in [2.24, 2.45) is 0 Å². The Balaban J connectivity index is 1.95. The zero-order chi connectivity index (χ0) is 13.9. The second-order valence-electron chi connectivity index (χ2n) is 5.23. The first-order chi connectivity index (χ1) is 9.72. The number of piperidine rings is 1. The summed E-state index contributed by atoms with van der Waals surface area (Å²) < 4.78 is 0. The Morgan fingerprint density at radius 2 is 1.65 bits per heavy atom. The van der Waals surface area contributed by atoms with Crippen molar-refractivity contribution >= 4 is 11.9 Å². The zero-order valence-electron chi connectivity index (χ0n) is 11.7. The second kappa shape index (κ2) is 5.45. The fourth-order valence-electron chi connectivity index (χ4n) is 2.45. The molecule has 1 aromatic carbocycles. The van der Waals surface area contributed by atoms with Gasteiger partial charge in [0.15, 0.2) is 5.82 Å². The number of nitrogen functional groups attached to an aromatic ring is 1. The molecule has 1 fully saturated rings. The van der Waals surface area contributed by atoms with Crippen molar-refractivity contribution in [3.8, 4) is 11.4 Å². The van der Waals surface area contributed by atoms with Gasteiger partial charge in [0.25, 0.3) is 0 Å². The Hall–Kier alpha value is -2.17. The molecule has 1 aromatic heterocycles. The van der Waals surface area contributed by atoms with Crippen LogP contribution in [0.5, 0.6) is 0 Å². The van der Waals surface area contributed by atoms with Crippen molar-refractivity contribution in [3.63, 3.8) is 0 Å². The van der Waals surface area contributed by atoms with Crippen LogP contribution in [0.3, 0.4) is 0 Å². The van der Waals surface area contributed by atoms with Crippen LogP contribution >= 0.6 is 0 Å². The van der Waals surface area contributed by atoms with Gasteiger partial charge in [-0.2, -0.15) is 15.0 Å². The van der Waals surface area contributed by atoms with E-state index in [1.165, 1.54) is 24.8 Å².